The number of hydrogen-bond acceptors (Lipinski definition) is 4. The average molecular weight is 332 g/mol. The molecule has 1 aliphatic heterocycles. The van der Waals surface area contributed by atoms with Gasteiger partial charge in [0.2, 0.25) is 5.91 Å². The zero-order valence-electron chi connectivity index (χ0n) is 13.8. The monoisotopic (exact) mass is 332 g/mol. The van der Waals surface area contributed by atoms with Crippen LogP contribution in [-0.4, -0.2) is 38.7 Å². The Balaban J connectivity index is 1.61. The zero-order chi connectivity index (χ0) is 16.2. The van der Waals surface area contributed by atoms with E-state index in [0.29, 0.717) is 18.4 Å². The molecule has 1 unspecified atom stereocenters. The van der Waals surface area contributed by atoms with Crippen LogP contribution in [0.2, 0.25) is 0 Å². The van der Waals surface area contributed by atoms with Crippen molar-refractivity contribution in [1.82, 2.24) is 19.7 Å². The molecule has 0 aliphatic carbocycles. The molecule has 5 nitrogen and oxygen atoms in total. The van der Waals surface area contributed by atoms with Crippen LogP contribution in [0.3, 0.4) is 0 Å². The van der Waals surface area contributed by atoms with Gasteiger partial charge in [0.15, 0.2) is 0 Å². The molecule has 0 N–H and O–H groups in total. The van der Waals surface area contributed by atoms with E-state index in [0.717, 1.165) is 38.2 Å². The fourth-order valence-corrected chi connectivity index (χ4v) is 3.91. The third kappa shape index (κ3) is 3.80. The van der Waals surface area contributed by atoms with Gasteiger partial charge in [-0.15, -0.1) is 21.5 Å². The number of carbonyl (C=O) groups is 1. The Morgan fingerprint density at radius 3 is 3.09 bits per heavy atom. The molecule has 2 aromatic heterocycles. The second kappa shape index (κ2) is 7.25. The van der Waals surface area contributed by atoms with Gasteiger partial charge in [-0.25, -0.2) is 0 Å². The number of thiophene rings is 1. The summed E-state index contributed by atoms with van der Waals surface area (Å²) in [5.74, 6) is 1.59. The number of aryl methyl sites for hydroxylation is 1. The molecular weight excluding hydrogens is 308 g/mol. The maximum absolute atomic E-state index is 12.5. The fourth-order valence-electron chi connectivity index (χ4n) is 3.20. The molecule has 6 heteroatoms. The van der Waals surface area contributed by atoms with E-state index < -0.39 is 0 Å². The normalized spacial score (nSPS) is 18.6. The highest BCUT2D eigenvalue weighted by Gasteiger charge is 2.28. The van der Waals surface area contributed by atoms with Crippen LogP contribution in [0.15, 0.2) is 23.8 Å². The molecule has 3 rings (SSSR count). The third-order valence-electron chi connectivity index (χ3n) is 4.46. The Labute approximate surface area is 141 Å². The smallest absolute Gasteiger partial charge is 0.222 e. The van der Waals surface area contributed by atoms with Crippen molar-refractivity contribution in [2.45, 2.75) is 51.5 Å². The third-order valence-corrected chi connectivity index (χ3v) is 5.40. The van der Waals surface area contributed by atoms with Crippen LogP contribution in [0.4, 0.5) is 0 Å². The van der Waals surface area contributed by atoms with Crippen molar-refractivity contribution in [2.24, 2.45) is 0 Å². The molecule has 0 radical (unpaired) electrons. The summed E-state index contributed by atoms with van der Waals surface area (Å²) >= 11 is 1.72. The predicted molar refractivity (Wildman–Crippen MR) is 91.6 cm³/mol. The maximum atomic E-state index is 12.5. The summed E-state index contributed by atoms with van der Waals surface area (Å²) < 4.78 is 2.13. The van der Waals surface area contributed by atoms with Crippen molar-refractivity contribution in [1.29, 1.82) is 0 Å². The van der Waals surface area contributed by atoms with Crippen molar-refractivity contribution >= 4 is 17.2 Å². The van der Waals surface area contributed by atoms with Gasteiger partial charge in [-0.2, -0.15) is 0 Å². The van der Waals surface area contributed by atoms with E-state index in [1.54, 1.807) is 17.7 Å². The average Bonchev–Trinajstić information content (AvgIpc) is 3.24. The number of amides is 1. The van der Waals surface area contributed by atoms with Gasteiger partial charge in [-0.3, -0.25) is 4.79 Å². The van der Waals surface area contributed by atoms with Crippen LogP contribution in [0.1, 0.15) is 55.8 Å². The van der Waals surface area contributed by atoms with Gasteiger partial charge in [0.05, 0.1) is 0 Å². The summed E-state index contributed by atoms with van der Waals surface area (Å²) in [6.45, 7) is 5.92. The minimum atomic E-state index is 0.263. The highest BCUT2D eigenvalue weighted by molar-refractivity contribution is 7.09. The van der Waals surface area contributed by atoms with Gasteiger partial charge >= 0.3 is 0 Å². The van der Waals surface area contributed by atoms with Gasteiger partial charge in [-0.05, 0) is 44.6 Å². The summed E-state index contributed by atoms with van der Waals surface area (Å²) in [4.78, 5) is 15.8. The van der Waals surface area contributed by atoms with Gasteiger partial charge in [0, 0.05) is 36.3 Å². The van der Waals surface area contributed by atoms with E-state index in [9.17, 15) is 4.79 Å². The van der Waals surface area contributed by atoms with Crippen molar-refractivity contribution in [3.05, 3.63) is 34.5 Å². The highest BCUT2D eigenvalue weighted by Crippen LogP contribution is 2.27. The molecule has 1 fully saturated rings. The van der Waals surface area contributed by atoms with E-state index in [1.165, 1.54) is 4.88 Å². The minimum Gasteiger partial charge on any atom is -0.342 e. The number of aromatic nitrogens is 3. The number of likely N-dealkylation sites (tertiary alicyclic amines) is 1. The molecule has 23 heavy (non-hydrogen) atoms. The Hall–Kier alpha value is -1.69. The lowest BCUT2D eigenvalue weighted by atomic mass is 9.96. The number of nitrogens with zero attached hydrogens (tertiary/aromatic N) is 4. The first-order valence-corrected chi connectivity index (χ1v) is 9.22. The molecule has 2 aromatic rings. The van der Waals surface area contributed by atoms with Gasteiger partial charge < -0.3 is 9.47 Å². The van der Waals surface area contributed by atoms with Crippen molar-refractivity contribution < 1.29 is 4.79 Å². The van der Waals surface area contributed by atoms with Crippen molar-refractivity contribution in [2.75, 3.05) is 13.1 Å². The van der Waals surface area contributed by atoms with Gasteiger partial charge in [-0.1, -0.05) is 6.07 Å². The summed E-state index contributed by atoms with van der Waals surface area (Å²) in [5.41, 5.74) is 0. The van der Waals surface area contributed by atoms with E-state index in [2.05, 4.69) is 40.1 Å². The molecule has 1 aliphatic rings. The fraction of sp³-hybridized carbons (Fsp3) is 0.588. The topological polar surface area (TPSA) is 51.0 Å². The zero-order valence-corrected chi connectivity index (χ0v) is 14.6. The Kier molecular flexibility index (Phi) is 5.10. The Morgan fingerprint density at radius 1 is 1.48 bits per heavy atom. The van der Waals surface area contributed by atoms with E-state index in [1.807, 2.05) is 11.0 Å². The number of carbonyl (C=O) groups excluding carboxylic acids is 1. The first kappa shape index (κ1) is 16.2. The summed E-state index contributed by atoms with van der Waals surface area (Å²) in [7, 11) is 0. The first-order chi connectivity index (χ1) is 11.1. The highest BCUT2D eigenvalue weighted by atomic mass is 32.1. The quantitative estimate of drug-likeness (QED) is 0.844. The Morgan fingerprint density at radius 2 is 2.35 bits per heavy atom. The SMILES string of the molecule is CC(C)n1cnnc1C1CCCN(C(=O)CCc2cccs2)C1. The van der Waals surface area contributed by atoms with E-state index in [-0.39, 0.29) is 5.91 Å². The van der Waals surface area contributed by atoms with Crippen LogP contribution >= 0.6 is 11.3 Å². The summed E-state index contributed by atoms with van der Waals surface area (Å²) in [6.07, 6.45) is 5.38. The van der Waals surface area contributed by atoms with Gasteiger partial charge in [0.25, 0.3) is 0 Å². The second-order valence-corrected chi connectivity index (χ2v) is 7.48. The molecule has 0 saturated carbocycles. The van der Waals surface area contributed by atoms with E-state index in [4.69, 9.17) is 0 Å². The predicted octanol–water partition coefficient (Wildman–Crippen LogP) is 3.26. The van der Waals surface area contributed by atoms with Gasteiger partial charge in [0.1, 0.15) is 12.2 Å². The molecule has 0 aromatic carbocycles. The number of piperidine rings is 1. The number of rotatable bonds is 5. The molecule has 0 spiro atoms. The van der Waals surface area contributed by atoms with Crippen LogP contribution in [0.5, 0.6) is 0 Å². The van der Waals surface area contributed by atoms with Crippen LogP contribution in [0, 0.1) is 0 Å². The van der Waals surface area contributed by atoms with Crippen molar-refractivity contribution in [3.63, 3.8) is 0 Å². The maximum Gasteiger partial charge on any atom is 0.222 e. The summed E-state index contributed by atoms with van der Waals surface area (Å²) in [6, 6.07) is 4.49. The summed E-state index contributed by atoms with van der Waals surface area (Å²) in [5, 5.41) is 10.5. The number of hydrogen-bond donors (Lipinski definition) is 0. The van der Waals surface area contributed by atoms with Crippen LogP contribution < -0.4 is 0 Å². The molecular formula is C17H24N4OS. The molecule has 1 atom stereocenters. The van der Waals surface area contributed by atoms with Crippen LogP contribution in [0.25, 0.3) is 0 Å². The van der Waals surface area contributed by atoms with E-state index >= 15 is 0 Å². The molecule has 1 saturated heterocycles. The molecule has 3 heterocycles. The minimum absolute atomic E-state index is 0.263. The standard InChI is InChI=1S/C17H24N4OS/c1-13(2)21-12-18-19-17(21)14-5-3-9-20(11-14)16(22)8-7-15-6-4-10-23-15/h4,6,10,12-14H,3,5,7-9,11H2,1-2H3. The van der Waals surface area contributed by atoms with Crippen LogP contribution in [-0.2, 0) is 11.2 Å². The first-order valence-electron chi connectivity index (χ1n) is 8.34. The molecule has 124 valence electrons. The van der Waals surface area contributed by atoms with Crippen molar-refractivity contribution in [3.8, 4) is 0 Å². The Bertz CT molecular complexity index is 635. The lowest BCUT2D eigenvalue weighted by Crippen LogP contribution is -2.40. The largest absolute Gasteiger partial charge is 0.342 e. The lowest BCUT2D eigenvalue weighted by Gasteiger charge is -2.32. The molecule has 0 bridgehead atoms. The lowest BCUT2D eigenvalue weighted by molar-refractivity contribution is -0.132. The second-order valence-electron chi connectivity index (χ2n) is 6.45. The molecule has 1 amide bonds.